The summed E-state index contributed by atoms with van der Waals surface area (Å²) in [7, 11) is 0. The van der Waals surface area contributed by atoms with Crippen molar-refractivity contribution >= 4 is 65.7 Å². The molecule has 0 saturated heterocycles. The van der Waals surface area contributed by atoms with E-state index in [9.17, 15) is 0 Å². The van der Waals surface area contributed by atoms with Gasteiger partial charge in [-0.2, -0.15) is 0 Å². The zero-order valence-corrected chi connectivity index (χ0v) is 27.9. The van der Waals surface area contributed by atoms with Crippen LogP contribution in [0, 0.1) is 0 Å². The van der Waals surface area contributed by atoms with Gasteiger partial charge in [0.2, 0.25) is 0 Å². The molecule has 0 aliphatic heterocycles. The average molecular weight is 665 g/mol. The van der Waals surface area contributed by atoms with Crippen molar-refractivity contribution in [2.45, 2.75) is 0 Å². The molecule has 4 nitrogen and oxygen atoms in total. The van der Waals surface area contributed by atoms with Gasteiger partial charge in [0.1, 0.15) is 22.3 Å². The van der Waals surface area contributed by atoms with Crippen LogP contribution in [0.1, 0.15) is 0 Å². The molecule has 0 amide bonds. The van der Waals surface area contributed by atoms with Gasteiger partial charge in [0, 0.05) is 54.6 Å². The quantitative estimate of drug-likeness (QED) is 0.176. The second-order valence-corrected chi connectivity index (χ2v) is 13.3. The third-order valence-electron chi connectivity index (χ3n) is 10.3. The Morgan fingerprint density at radius 1 is 0.308 bits per heavy atom. The molecule has 0 N–H and O–H groups in total. The SMILES string of the molecule is c1ccc2c(c1)oc1c(-c3ccc(-c4ccc5ccc6ccc(-c7ccc(-c8cccc9c8oc8ccccc89)cc7)nc6c5n4)cc3)cccc12. The molecule has 0 radical (unpaired) electrons. The van der Waals surface area contributed by atoms with Crippen molar-refractivity contribution in [3.05, 3.63) is 170 Å². The van der Waals surface area contributed by atoms with Gasteiger partial charge < -0.3 is 8.83 Å². The molecule has 0 spiro atoms. The first-order valence-corrected chi connectivity index (χ1v) is 17.5. The number of aromatic nitrogens is 2. The van der Waals surface area contributed by atoms with Gasteiger partial charge in [-0.15, -0.1) is 0 Å². The molecule has 0 bridgehead atoms. The third-order valence-corrected chi connectivity index (χ3v) is 10.3. The zero-order valence-electron chi connectivity index (χ0n) is 27.9. The molecule has 0 fully saturated rings. The van der Waals surface area contributed by atoms with Crippen LogP contribution in [0.25, 0.3) is 110 Å². The predicted molar refractivity (Wildman–Crippen MR) is 213 cm³/mol. The molecule has 4 heteroatoms. The van der Waals surface area contributed by atoms with E-state index >= 15 is 0 Å². The van der Waals surface area contributed by atoms with E-state index in [1.54, 1.807) is 0 Å². The topological polar surface area (TPSA) is 52.1 Å². The molecular formula is C48H28N2O2. The van der Waals surface area contributed by atoms with E-state index in [2.05, 4.69) is 146 Å². The highest BCUT2D eigenvalue weighted by Gasteiger charge is 2.15. The summed E-state index contributed by atoms with van der Waals surface area (Å²) in [5, 5.41) is 6.64. The van der Waals surface area contributed by atoms with Crippen LogP contribution < -0.4 is 0 Å². The number of hydrogen-bond donors (Lipinski definition) is 0. The van der Waals surface area contributed by atoms with Crippen molar-refractivity contribution in [2.24, 2.45) is 0 Å². The minimum Gasteiger partial charge on any atom is -0.455 e. The standard InChI is InChI=1S/C48H28N2O2/c1-3-13-43-37(7-1)39-11-5-9-35(47(39)51-43)29-15-19-31(20-16-29)41-27-25-33-23-24-34-26-28-42(50-46(34)45(33)49-41)32-21-17-30(18-22-32)36-10-6-12-40-38-8-2-4-14-44(38)52-48(36)40/h1-28H. The number of furan rings is 2. The maximum Gasteiger partial charge on any atom is 0.143 e. The highest BCUT2D eigenvalue weighted by atomic mass is 16.3. The lowest BCUT2D eigenvalue weighted by Gasteiger charge is -2.09. The summed E-state index contributed by atoms with van der Waals surface area (Å²) in [6.07, 6.45) is 0. The van der Waals surface area contributed by atoms with Crippen LogP contribution in [-0.4, -0.2) is 9.97 Å². The van der Waals surface area contributed by atoms with Crippen LogP contribution in [0.3, 0.4) is 0 Å². The molecule has 7 aromatic carbocycles. The number of benzene rings is 7. The Balaban J connectivity index is 0.946. The molecule has 4 aromatic heterocycles. The Morgan fingerprint density at radius 2 is 0.692 bits per heavy atom. The summed E-state index contributed by atoms with van der Waals surface area (Å²) in [4.78, 5) is 10.4. The monoisotopic (exact) mass is 664 g/mol. The molecule has 0 aliphatic carbocycles. The Hall–Kier alpha value is -7.04. The second-order valence-electron chi connectivity index (χ2n) is 13.3. The van der Waals surface area contributed by atoms with Crippen LogP contribution in [0.4, 0.5) is 0 Å². The van der Waals surface area contributed by atoms with Gasteiger partial charge in [-0.1, -0.05) is 146 Å². The second kappa shape index (κ2) is 11.2. The van der Waals surface area contributed by atoms with Crippen LogP contribution in [0.5, 0.6) is 0 Å². The van der Waals surface area contributed by atoms with Crippen molar-refractivity contribution < 1.29 is 8.83 Å². The van der Waals surface area contributed by atoms with E-state index in [4.69, 9.17) is 18.8 Å². The van der Waals surface area contributed by atoms with Crippen LogP contribution in [-0.2, 0) is 0 Å². The fraction of sp³-hybridized carbons (Fsp3) is 0. The highest BCUT2D eigenvalue weighted by molar-refractivity contribution is 6.11. The maximum atomic E-state index is 6.31. The molecule has 4 heterocycles. The minimum atomic E-state index is 0.890. The predicted octanol–water partition coefficient (Wildman–Crippen LogP) is 13.2. The first-order chi connectivity index (χ1) is 25.7. The van der Waals surface area contributed by atoms with Crippen molar-refractivity contribution in [3.8, 4) is 44.8 Å². The van der Waals surface area contributed by atoms with Gasteiger partial charge in [0.15, 0.2) is 0 Å². The third kappa shape index (κ3) is 4.48. The van der Waals surface area contributed by atoms with Crippen molar-refractivity contribution in [2.75, 3.05) is 0 Å². The van der Waals surface area contributed by atoms with E-state index in [-0.39, 0.29) is 0 Å². The van der Waals surface area contributed by atoms with Crippen molar-refractivity contribution in [3.63, 3.8) is 0 Å². The lowest BCUT2D eigenvalue weighted by atomic mass is 9.99. The number of fused-ring (bicyclic) bond motifs is 9. The molecule has 11 aromatic rings. The summed E-state index contributed by atoms with van der Waals surface area (Å²) < 4.78 is 12.6. The van der Waals surface area contributed by atoms with Gasteiger partial charge in [-0.3, -0.25) is 0 Å². The largest absolute Gasteiger partial charge is 0.455 e. The number of hydrogen-bond acceptors (Lipinski definition) is 4. The van der Waals surface area contributed by atoms with E-state index in [1.165, 1.54) is 0 Å². The fourth-order valence-corrected chi connectivity index (χ4v) is 7.68. The molecule has 0 saturated carbocycles. The molecule has 11 rings (SSSR count). The average Bonchev–Trinajstić information content (AvgIpc) is 3.79. The molecule has 52 heavy (non-hydrogen) atoms. The minimum absolute atomic E-state index is 0.890. The molecular weight excluding hydrogens is 637 g/mol. The summed E-state index contributed by atoms with van der Waals surface area (Å²) in [5.74, 6) is 0. The zero-order chi connectivity index (χ0) is 34.2. The lowest BCUT2D eigenvalue weighted by Crippen LogP contribution is -1.91. The smallest absolute Gasteiger partial charge is 0.143 e. The van der Waals surface area contributed by atoms with E-state index < -0.39 is 0 Å². The first kappa shape index (κ1) is 28.8. The Bertz CT molecular complexity index is 2950. The first-order valence-electron chi connectivity index (χ1n) is 17.5. The summed E-state index contributed by atoms with van der Waals surface area (Å²) in [6.45, 7) is 0. The van der Waals surface area contributed by atoms with Crippen LogP contribution in [0.2, 0.25) is 0 Å². The molecule has 0 unspecified atom stereocenters. The van der Waals surface area contributed by atoms with Crippen LogP contribution >= 0.6 is 0 Å². The number of para-hydroxylation sites is 4. The Labute approximate surface area is 298 Å². The van der Waals surface area contributed by atoms with Crippen molar-refractivity contribution in [1.29, 1.82) is 0 Å². The summed E-state index contributed by atoms with van der Waals surface area (Å²) in [5.41, 5.74) is 13.7. The summed E-state index contributed by atoms with van der Waals surface area (Å²) in [6, 6.07) is 59.0. The number of rotatable bonds is 4. The Kier molecular flexibility index (Phi) is 6.22. The normalized spacial score (nSPS) is 11.8. The van der Waals surface area contributed by atoms with E-state index in [0.717, 1.165) is 110 Å². The fourth-order valence-electron chi connectivity index (χ4n) is 7.68. The van der Waals surface area contributed by atoms with E-state index in [1.807, 2.05) is 24.3 Å². The number of nitrogens with zero attached hydrogens (tertiary/aromatic N) is 2. The van der Waals surface area contributed by atoms with Crippen LogP contribution in [0.15, 0.2) is 179 Å². The van der Waals surface area contributed by atoms with Crippen molar-refractivity contribution in [1.82, 2.24) is 9.97 Å². The lowest BCUT2D eigenvalue weighted by molar-refractivity contribution is 0.669. The Morgan fingerprint density at radius 3 is 1.15 bits per heavy atom. The molecule has 242 valence electrons. The van der Waals surface area contributed by atoms with Gasteiger partial charge in [0.05, 0.1) is 22.4 Å². The van der Waals surface area contributed by atoms with Gasteiger partial charge in [-0.05, 0) is 35.4 Å². The van der Waals surface area contributed by atoms with Gasteiger partial charge >= 0.3 is 0 Å². The molecule has 0 aliphatic rings. The van der Waals surface area contributed by atoms with E-state index in [0.29, 0.717) is 0 Å². The summed E-state index contributed by atoms with van der Waals surface area (Å²) >= 11 is 0. The van der Waals surface area contributed by atoms with Gasteiger partial charge in [0.25, 0.3) is 0 Å². The molecule has 0 atom stereocenters. The maximum absolute atomic E-state index is 6.31. The highest BCUT2D eigenvalue weighted by Crippen LogP contribution is 2.38. The number of pyridine rings is 2. The van der Waals surface area contributed by atoms with Gasteiger partial charge in [-0.25, -0.2) is 9.97 Å².